The summed E-state index contributed by atoms with van der Waals surface area (Å²) in [6.07, 6.45) is 2.42. The molecule has 8 heteroatoms. The highest BCUT2D eigenvalue weighted by molar-refractivity contribution is 7.18. The van der Waals surface area contributed by atoms with Gasteiger partial charge in [0.15, 0.2) is 5.01 Å². The molecule has 4 rings (SSSR count). The van der Waals surface area contributed by atoms with E-state index in [1.165, 1.54) is 23.0 Å². The summed E-state index contributed by atoms with van der Waals surface area (Å²) in [7, 11) is 0. The first kappa shape index (κ1) is 16.6. The van der Waals surface area contributed by atoms with Crippen LogP contribution in [0.3, 0.4) is 0 Å². The number of hydrogen-bond acceptors (Lipinski definition) is 6. The molecule has 132 valence electrons. The molecule has 2 aromatic carbocycles. The average Bonchev–Trinajstić information content (AvgIpc) is 3.29. The number of fused-ring (bicyclic) bond motifs is 1. The van der Waals surface area contributed by atoms with Crippen molar-refractivity contribution >= 4 is 27.4 Å². The van der Waals surface area contributed by atoms with Crippen molar-refractivity contribution in [1.29, 1.82) is 0 Å². The van der Waals surface area contributed by atoms with Crippen LogP contribution in [-0.4, -0.2) is 33.0 Å². The zero-order chi connectivity index (χ0) is 17.9. The van der Waals surface area contributed by atoms with Gasteiger partial charge in [-0.15, -0.1) is 10.2 Å². The van der Waals surface area contributed by atoms with Crippen molar-refractivity contribution < 1.29 is 4.39 Å². The van der Waals surface area contributed by atoms with Crippen LogP contribution in [0.1, 0.15) is 5.56 Å². The van der Waals surface area contributed by atoms with Gasteiger partial charge in [0.05, 0.1) is 11.7 Å². The number of halogens is 1. The molecular weight excluding hydrogens is 351 g/mol. The topological polar surface area (TPSA) is 92.5 Å². The normalized spacial score (nSPS) is 12.4. The fourth-order valence-corrected chi connectivity index (χ4v) is 3.51. The van der Waals surface area contributed by atoms with Crippen LogP contribution in [0.2, 0.25) is 0 Å². The third-order valence-electron chi connectivity index (χ3n) is 4.04. The van der Waals surface area contributed by atoms with Crippen LogP contribution >= 0.6 is 11.3 Å². The number of H-pyrrole nitrogens is 1. The van der Waals surface area contributed by atoms with Gasteiger partial charge in [-0.05, 0) is 18.1 Å². The molecule has 0 aliphatic rings. The van der Waals surface area contributed by atoms with E-state index >= 15 is 0 Å². The molecule has 0 radical (unpaired) electrons. The Morgan fingerprint density at radius 2 is 2.04 bits per heavy atom. The molecule has 0 saturated heterocycles. The molecule has 0 spiro atoms. The van der Waals surface area contributed by atoms with Crippen LogP contribution in [0.15, 0.2) is 48.7 Å². The molecule has 1 atom stereocenters. The molecule has 0 saturated carbocycles. The van der Waals surface area contributed by atoms with Gasteiger partial charge in [-0.25, -0.2) is 4.39 Å². The first-order valence-electron chi connectivity index (χ1n) is 8.19. The van der Waals surface area contributed by atoms with Crippen molar-refractivity contribution in [3.63, 3.8) is 0 Å². The van der Waals surface area contributed by atoms with Gasteiger partial charge in [-0.2, -0.15) is 5.10 Å². The summed E-state index contributed by atoms with van der Waals surface area (Å²) in [5.41, 5.74) is 8.43. The Morgan fingerprint density at radius 3 is 2.88 bits per heavy atom. The minimum Gasteiger partial charge on any atom is -0.359 e. The molecule has 0 aliphatic heterocycles. The van der Waals surface area contributed by atoms with Crippen molar-refractivity contribution in [3.8, 4) is 10.6 Å². The number of aromatic nitrogens is 4. The predicted molar refractivity (Wildman–Crippen MR) is 102 cm³/mol. The molecule has 6 nitrogen and oxygen atoms in total. The second kappa shape index (κ2) is 7.19. The Kier molecular flexibility index (Phi) is 4.59. The Balaban J connectivity index is 1.43. The summed E-state index contributed by atoms with van der Waals surface area (Å²) in [6, 6.07) is 13.2. The molecule has 1 unspecified atom stereocenters. The van der Waals surface area contributed by atoms with Crippen molar-refractivity contribution in [2.45, 2.75) is 12.5 Å². The summed E-state index contributed by atoms with van der Waals surface area (Å²) < 4.78 is 14.3. The minimum atomic E-state index is -0.356. The Hall–Kier alpha value is -2.84. The lowest BCUT2D eigenvalue weighted by Crippen LogP contribution is -2.31. The number of nitrogens with one attached hydrogen (secondary N) is 2. The van der Waals surface area contributed by atoms with Crippen LogP contribution in [0.5, 0.6) is 0 Å². The van der Waals surface area contributed by atoms with Crippen LogP contribution < -0.4 is 11.1 Å². The molecule has 2 heterocycles. The highest BCUT2D eigenvalue weighted by Gasteiger charge is 2.14. The molecule has 0 fully saturated rings. The predicted octanol–water partition coefficient (Wildman–Crippen LogP) is 3.20. The van der Waals surface area contributed by atoms with E-state index in [9.17, 15) is 4.39 Å². The van der Waals surface area contributed by atoms with Crippen molar-refractivity contribution in [3.05, 3.63) is 60.0 Å². The minimum absolute atomic E-state index is 0.0521. The third kappa shape index (κ3) is 3.56. The number of anilines is 1. The monoisotopic (exact) mass is 368 g/mol. The molecule has 0 amide bonds. The smallest absolute Gasteiger partial charge is 0.206 e. The van der Waals surface area contributed by atoms with Gasteiger partial charge in [0.2, 0.25) is 5.13 Å². The number of nitrogens with two attached hydrogens (primary N) is 1. The van der Waals surface area contributed by atoms with Gasteiger partial charge < -0.3 is 11.1 Å². The quantitative estimate of drug-likeness (QED) is 0.486. The fourth-order valence-electron chi connectivity index (χ4n) is 2.74. The van der Waals surface area contributed by atoms with E-state index in [0.717, 1.165) is 11.8 Å². The second-order valence-electron chi connectivity index (χ2n) is 6.03. The maximum atomic E-state index is 14.3. The summed E-state index contributed by atoms with van der Waals surface area (Å²) in [5.74, 6) is -0.356. The van der Waals surface area contributed by atoms with E-state index < -0.39 is 0 Å². The second-order valence-corrected chi connectivity index (χ2v) is 7.01. The lowest BCUT2D eigenvalue weighted by molar-refractivity contribution is 0.632. The number of rotatable bonds is 6. The van der Waals surface area contributed by atoms with Crippen molar-refractivity contribution in [1.82, 2.24) is 20.4 Å². The van der Waals surface area contributed by atoms with Gasteiger partial charge in [0.1, 0.15) is 5.82 Å². The van der Waals surface area contributed by atoms with E-state index in [0.29, 0.717) is 27.8 Å². The summed E-state index contributed by atoms with van der Waals surface area (Å²) in [6.45, 7) is 0.562. The van der Waals surface area contributed by atoms with Crippen LogP contribution in [-0.2, 0) is 6.42 Å². The van der Waals surface area contributed by atoms with Gasteiger partial charge in [0, 0.05) is 29.6 Å². The molecule has 0 bridgehead atoms. The van der Waals surface area contributed by atoms with Gasteiger partial charge in [-0.3, -0.25) is 5.10 Å². The van der Waals surface area contributed by atoms with Crippen molar-refractivity contribution in [2.24, 2.45) is 5.73 Å². The first-order chi connectivity index (χ1) is 12.7. The SMILES string of the molecule is NC(CNc1nnc(-c2cc3cn[nH]c3cc2F)s1)Cc1ccccc1. The molecule has 4 N–H and O–H groups in total. The number of benzene rings is 2. The first-order valence-corrected chi connectivity index (χ1v) is 9.00. The standard InChI is InChI=1S/C18H17FN6S/c19-15-8-16-12(9-22-23-16)7-14(15)17-24-25-18(26-17)21-10-13(20)6-11-4-2-1-3-5-11/h1-5,7-9,13H,6,10,20H2,(H,21,25)(H,22,23). The van der Waals surface area contributed by atoms with E-state index in [2.05, 4.69) is 37.8 Å². The van der Waals surface area contributed by atoms with Gasteiger partial charge in [0.25, 0.3) is 0 Å². The lowest BCUT2D eigenvalue weighted by atomic mass is 10.1. The van der Waals surface area contributed by atoms with Gasteiger partial charge >= 0.3 is 0 Å². The molecule has 2 aromatic heterocycles. The zero-order valence-corrected chi connectivity index (χ0v) is 14.6. The molecule has 4 aromatic rings. The number of hydrogen-bond donors (Lipinski definition) is 3. The zero-order valence-electron chi connectivity index (χ0n) is 13.8. The Morgan fingerprint density at radius 1 is 1.19 bits per heavy atom. The Labute approximate surface area is 153 Å². The van der Waals surface area contributed by atoms with E-state index in [1.54, 1.807) is 12.3 Å². The maximum absolute atomic E-state index is 14.3. The summed E-state index contributed by atoms with van der Waals surface area (Å²) in [4.78, 5) is 0. The number of nitrogens with zero attached hydrogens (tertiary/aromatic N) is 3. The van der Waals surface area contributed by atoms with Crippen LogP contribution in [0.25, 0.3) is 21.5 Å². The van der Waals surface area contributed by atoms with Crippen LogP contribution in [0, 0.1) is 5.82 Å². The largest absolute Gasteiger partial charge is 0.359 e. The average molecular weight is 368 g/mol. The van der Waals surface area contributed by atoms with Crippen molar-refractivity contribution in [2.75, 3.05) is 11.9 Å². The highest BCUT2D eigenvalue weighted by atomic mass is 32.1. The van der Waals surface area contributed by atoms with E-state index in [4.69, 9.17) is 5.73 Å². The molecule has 0 aliphatic carbocycles. The molecule has 26 heavy (non-hydrogen) atoms. The van der Waals surface area contributed by atoms with E-state index in [-0.39, 0.29) is 11.9 Å². The summed E-state index contributed by atoms with van der Waals surface area (Å²) in [5, 5.41) is 20.0. The maximum Gasteiger partial charge on any atom is 0.206 e. The Bertz CT molecular complexity index is 1010. The third-order valence-corrected chi connectivity index (χ3v) is 4.95. The van der Waals surface area contributed by atoms with Crippen LogP contribution in [0.4, 0.5) is 9.52 Å². The summed E-state index contributed by atoms with van der Waals surface area (Å²) >= 11 is 1.30. The van der Waals surface area contributed by atoms with E-state index in [1.807, 2.05) is 18.2 Å². The number of aromatic amines is 1. The highest BCUT2D eigenvalue weighted by Crippen LogP contribution is 2.30. The fraction of sp³-hybridized carbons (Fsp3) is 0.167. The van der Waals surface area contributed by atoms with Gasteiger partial charge in [-0.1, -0.05) is 41.7 Å². The molecular formula is C18H17FN6S. The lowest BCUT2D eigenvalue weighted by Gasteiger charge is -2.11.